The van der Waals surface area contributed by atoms with E-state index in [9.17, 15) is 0 Å². The molecule has 2 aliphatic rings. The number of fused-ring (bicyclic) bond motifs is 1. The first-order chi connectivity index (χ1) is 9.76. The number of rotatable bonds is 4. The average molecular weight is 276 g/mol. The topological polar surface area (TPSA) is 28.4 Å². The molecule has 3 heteroatoms. The van der Waals surface area contributed by atoms with Crippen molar-refractivity contribution in [2.75, 3.05) is 20.1 Å². The van der Waals surface area contributed by atoms with Crippen LogP contribution in [0.15, 0.2) is 10.5 Å². The Labute approximate surface area is 122 Å². The fourth-order valence-corrected chi connectivity index (χ4v) is 4.07. The summed E-state index contributed by atoms with van der Waals surface area (Å²) in [6.45, 7) is 6.57. The molecule has 20 heavy (non-hydrogen) atoms. The fourth-order valence-electron chi connectivity index (χ4n) is 4.07. The standard InChI is InChI=1S/C17H28N2O/c1-13-16(9-17(20-13)10-18-2)12-19-8-7-14-5-3-4-6-15(14)11-19/h9,14-15,18H,3-8,10-12H2,1-2H3. The van der Waals surface area contributed by atoms with Crippen molar-refractivity contribution in [3.63, 3.8) is 0 Å². The molecule has 0 amide bonds. The number of aryl methyl sites for hydroxylation is 1. The second-order valence-corrected chi connectivity index (χ2v) is 6.65. The van der Waals surface area contributed by atoms with E-state index in [2.05, 4.69) is 23.2 Å². The number of nitrogens with zero attached hydrogens (tertiary/aromatic N) is 1. The van der Waals surface area contributed by atoms with E-state index >= 15 is 0 Å². The molecule has 1 aromatic heterocycles. The Bertz CT molecular complexity index is 440. The van der Waals surface area contributed by atoms with Crippen molar-refractivity contribution in [2.24, 2.45) is 11.8 Å². The van der Waals surface area contributed by atoms with Crippen LogP contribution in [0.1, 0.15) is 49.2 Å². The van der Waals surface area contributed by atoms with Crippen molar-refractivity contribution < 1.29 is 4.42 Å². The number of likely N-dealkylation sites (tertiary alicyclic amines) is 1. The van der Waals surface area contributed by atoms with Gasteiger partial charge in [0.1, 0.15) is 11.5 Å². The predicted molar refractivity (Wildman–Crippen MR) is 81.6 cm³/mol. The van der Waals surface area contributed by atoms with Gasteiger partial charge in [-0.05, 0) is 51.3 Å². The molecule has 0 radical (unpaired) electrons. The summed E-state index contributed by atoms with van der Waals surface area (Å²) < 4.78 is 5.81. The Balaban J connectivity index is 1.60. The highest BCUT2D eigenvalue weighted by molar-refractivity contribution is 5.20. The molecular weight excluding hydrogens is 248 g/mol. The molecule has 2 atom stereocenters. The zero-order chi connectivity index (χ0) is 13.9. The maximum atomic E-state index is 5.81. The van der Waals surface area contributed by atoms with Gasteiger partial charge in [-0.1, -0.05) is 19.3 Å². The Morgan fingerprint density at radius 2 is 2.05 bits per heavy atom. The Morgan fingerprint density at radius 1 is 1.25 bits per heavy atom. The van der Waals surface area contributed by atoms with Gasteiger partial charge in [0.2, 0.25) is 0 Å². The van der Waals surface area contributed by atoms with Crippen LogP contribution in [0.2, 0.25) is 0 Å². The lowest BCUT2D eigenvalue weighted by molar-refractivity contribution is 0.0817. The van der Waals surface area contributed by atoms with Crippen LogP contribution in [0.5, 0.6) is 0 Å². The van der Waals surface area contributed by atoms with Gasteiger partial charge in [0, 0.05) is 18.7 Å². The van der Waals surface area contributed by atoms with Gasteiger partial charge < -0.3 is 9.73 Å². The third-order valence-corrected chi connectivity index (χ3v) is 5.19. The van der Waals surface area contributed by atoms with Crippen molar-refractivity contribution in [1.29, 1.82) is 0 Å². The maximum Gasteiger partial charge on any atom is 0.118 e. The van der Waals surface area contributed by atoms with E-state index < -0.39 is 0 Å². The lowest BCUT2D eigenvalue weighted by atomic mass is 9.75. The minimum absolute atomic E-state index is 0.825. The highest BCUT2D eigenvalue weighted by atomic mass is 16.3. The third-order valence-electron chi connectivity index (χ3n) is 5.19. The molecule has 2 unspecified atom stereocenters. The smallest absolute Gasteiger partial charge is 0.118 e. The molecule has 0 aromatic carbocycles. The van der Waals surface area contributed by atoms with Crippen molar-refractivity contribution >= 4 is 0 Å². The monoisotopic (exact) mass is 276 g/mol. The largest absolute Gasteiger partial charge is 0.465 e. The van der Waals surface area contributed by atoms with Crippen LogP contribution < -0.4 is 5.32 Å². The Hall–Kier alpha value is -0.800. The van der Waals surface area contributed by atoms with Crippen molar-refractivity contribution in [3.05, 3.63) is 23.2 Å². The minimum Gasteiger partial charge on any atom is -0.465 e. The normalized spacial score (nSPS) is 27.5. The molecule has 112 valence electrons. The lowest BCUT2D eigenvalue weighted by Crippen LogP contribution is -2.41. The van der Waals surface area contributed by atoms with Gasteiger partial charge in [-0.15, -0.1) is 0 Å². The van der Waals surface area contributed by atoms with Gasteiger partial charge >= 0.3 is 0 Å². The van der Waals surface area contributed by atoms with E-state index in [0.717, 1.165) is 36.4 Å². The molecule has 0 spiro atoms. The van der Waals surface area contributed by atoms with Crippen LogP contribution in [0.3, 0.4) is 0 Å². The second kappa shape index (κ2) is 6.31. The maximum absolute atomic E-state index is 5.81. The van der Waals surface area contributed by atoms with Crippen molar-refractivity contribution in [2.45, 2.75) is 52.1 Å². The van der Waals surface area contributed by atoms with E-state index in [1.54, 1.807) is 0 Å². The molecule has 0 bridgehead atoms. The van der Waals surface area contributed by atoms with Gasteiger partial charge in [0.05, 0.1) is 6.54 Å². The molecule has 2 heterocycles. The van der Waals surface area contributed by atoms with Crippen LogP contribution in [0.4, 0.5) is 0 Å². The summed E-state index contributed by atoms with van der Waals surface area (Å²) in [5.74, 6) is 4.14. The molecule has 1 aromatic rings. The van der Waals surface area contributed by atoms with Gasteiger partial charge in [-0.2, -0.15) is 0 Å². The molecule has 3 nitrogen and oxygen atoms in total. The number of piperidine rings is 1. The predicted octanol–water partition coefficient (Wildman–Crippen LogP) is 3.32. The molecule has 3 rings (SSSR count). The summed E-state index contributed by atoms with van der Waals surface area (Å²) >= 11 is 0. The average Bonchev–Trinajstić information content (AvgIpc) is 2.79. The number of furan rings is 1. The number of hydrogen-bond acceptors (Lipinski definition) is 3. The SMILES string of the molecule is CNCc1cc(CN2CCC3CCCCC3C2)c(C)o1. The summed E-state index contributed by atoms with van der Waals surface area (Å²) in [6.07, 6.45) is 7.26. The summed E-state index contributed by atoms with van der Waals surface area (Å²) in [4.78, 5) is 2.65. The number of nitrogens with one attached hydrogen (secondary N) is 1. The first-order valence-electron chi connectivity index (χ1n) is 8.21. The van der Waals surface area contributed by atoms with Crippen LogP contribution in [-0.4, -0.2) is 25.0 Å². The van der Waals surface area contributed by atoms with E-state index in [1.807, 2.05) is 7.05 Å². The summed E-state index contributed by atoms with van der Waals surface area (Å²) in [7, 11) is 1.96. The van der Waals surface area contributed by atoms with Crippen LogP contribution in [-0.2, 0) is 13.1 Å². The second-order valence-electron chi connectivity index (χ2n) is 6.65. The molecule has 1 aliphatic carbocycles. The summed E-state index contributed by atoms with van der Waals surface area (Å²) in [6, 6.07) is 2.23. The Morgan fingerprint density at radius 3 is 2.85 bits per heavy atom. The molecule has 1 saturated carbocycles. The van der Waals surface area contributed by atoms with Crippen LogP contribution >= 0.6 is 0 Å². The quantitative estimate of drug-likeness (QED) is 0.914. The molecular formula is C17H28N2O. The number of hydrogen-bond donors (Lipinski definition) is 1. The van der Waals surface area contributed by atoms with Gasteiger partial charge in [-0.3, -0.25) is 4.90 Å². The van der Waals surface area contributed by atoms with Gasteiger partial charge in [0.25, 0.3) is 0 Å². The Kier molecular flexibility index (Phi) is 4.47. The summed E-state index contributed by atoms with van der Waals surface area (Å²) in [5.41, 5.74) is 1.38. The lowest BCUT2D eigenvalue weighted by Gasteiger charge is -2.41. The van der Waals surface area contributed by atoms with E-state index in [1.165, 1.54) is 50.8 Å². The zero-order valence-electron chi connectivity index (χ0n) is 13.0. The van der Waals surface area contributed by atoms with Crippen molar-refractivity contribution in [1.82, 2.24) is 10.2 Å². The molecule has 1 aliphatic heterocycles. The van der Waals surface area contributed by atoms with Gasteiger partial charge in [-0.25, -0.2) is 0 Å². The third kappa shape index (κ3) is 3.09. The highest BCUT2D eigenvalue weighted by Gasteiger charge is 2.31. The zero-order valence-corrected chi connectivity index (χ0v) is 13.0. The highest BCUT2D eigenvalue weighted by Crippen LogP contribution is 2.36. The first-order valence-corrected chi connectivity index (χ1v) is 8.21. The molecule has 1 N–H and O–H groups in total. The van der Waals surface area contributed by atoms with E-state index in [0.29, 0.717) is 0 Å². The summed E-state index contributed by atoms with van der Waals surface area (Å²) in [5, 5.41) is 3.16. The molecule has 1 saturated heterocycles. The van der Waals surface area contributed by atoms with Crippen LogP contribution in [0.25, 0.3) is 0 Å². The minimum atomic E-state index is 0.825. The first kappa shape index (κ1) is 14.2. The molecule has 2 fully saturated rings. The van der Waals surface area contributed by atoms with Crippen LogP contribution in [0, 0.1) is 18.8 Å². The fraction of sp³-hybridized carbons (Fsp3) is 0.765. The van der Waals surface area contributed by atoms with Gasteiger partial charge in [0.15, 0.2) is 0 Å². The van der Waals surface area contributed by atoms with E-state index in [4.69, 9.17) is 4.42 Å². The van der Waals surface area contributed by atoms with Crippen molar-refractivity contribution in [3.8, 4) is 0 Å². The van der Waals surface area contributed by atoms with E-state index in [-0.39, 0.29) is 0 Å².